The van der Waals surface area contributed by atoms with E-state index in [9.17, 15) is 28.8 Å². The summed E-state index contributed by atoms with van der Waals surface area (Å²) >= 11 is 0. The lowest BCUT2D eigenvalue weighted by molar-refractivity contribution is -0.322. The van der Waals surface area contributed by atoms with Gasteiger partial charge in [0.1, 0.15) is 66.5 Å². The van der Waals surface area contributed by atoms with Crippen molar-refractivity contribution in [2.45, 2.75) is 247 Å². The van der Waals surface area contributed by atoms with Gasteiger partial charge >= 0.3 is 6.09 Å². The Morgan fingerprint density at radius 1 is 0.520 bits per heavy atom. The monoisotopic (exact) mass is 1420 g/mol. The van der Waals surface area contributed by atoms with Crippen molar-refractivity contribution in [2.24, 2.45) is 35.5 Å². The summed E-state index contributed by atoms with van der Waals surface area (Å²) in [5.41, 5.74) is 0. The third-order valence-corrected chi connectivity index (χ3v) is 19.4. The van der Waals surface area contributed by atoms with Crippen molar-refractivity contribution in [3.8, 4) is 0 Å². The van der Waals surface area contributed by atoms with E-state index in [2.05, 4.69) is 26.2 Å². The number of amides is 12. The molecule has 5 unspecified atom stereocenters. The van der Waals surface area contributed by atoms with Crippen LogP contribution < -0.4 is 21.3 Å². The Hall–Kier alpha value is -6.72. The number of carbonyl (C=O) groups is 12. The number of hydroxylamine groups is 2. The molecule has 3 aliphatic heterocycles. The Morgan fingerprint density at radius 3 is 1.56 bits per heavy atom. The van der Waals surface area contributed by atoms with Crippen LogP contribution in [0.1, 0.15) is 169 Å². The number of nitrogens with one attached hydrogen (secondary N) is 4. The van der Waals surface area contributed by atoms with Gasteiger partial charge in [0.15, 0.2) is 6.04 Å². The smallest absolute Gasteiger partial charge is 0.409 e. The van der Waals surface area contributed by atoms with Gasteiger partial charge in [-0.2, -0.15) is 0 Å². The van der Waals surface area contributed by atoms with Gasteiger partial charge in [-0.05, 0) is 128 Å². The predicted molar refractivity (Wildman–Crippen MR) is 378 cm³/mol. The van der Waals surface area contributed by atoms with Gasteiger partial charge in [0.05, 0.1) is 25.9 Å². The number of ether oxygens (including phenoxy) is 3. The van der Waals surface area contributed by atoms with Gasteiger partial charge in [-0.15, -0.1) is 0 Å². The molecule has 3 saturated heterocycles. The van der Waals surface area contributed by atoms with Gasteiger partial charge < -0.3 is 69.8 Å². The minimum atomic E-state index is -1.40. The van der Waals surface area contributed by atoms with Crippen molar-refractivity contribution in [1.82, 2.24) is 65.5 Å². The van der Waals surface area contributed by atoms with Gasteiger partial charge in [-0.25, -0.2) is 9.86 Å². The molecule has 12 amide bonds. The molecule has 3 rings (SSSR count). The Morgan fingerprint density at radius 2 is 1.03 bits per heavy atom. The fourth-order valence-corrected chi connectivity index (χ4v) is 12.9. The molecule has 3 aliphatic rings. The van der Waals surface area contributed by atoms with Crippen molar-refractivity contribution in [3.05, 3.63) is 0 Å². The molecule has 29 heteroatoms. The summed E-state index contributed by atoms with van der Waals surface area (Å²) in [6.07, 6.45) is 0.845. The molecule has 0 saturated carbocycles. The average molecular weight is 1420 g/mol. The molecule has 572 valence electrons. The first kappa shape index (κ1) is 87.5. The van der Waals surface area contributed by atoms with Crippen LogP contribution in [0.2, 0.25) is 0 Å². The second kappa shape index (κ2) is 40.8. The largest absolute Gasteiger partial charge is 0.449 e. The molecule has 0 spiro atoms. The molecule has 0 aromatic heterocycles. The number of morpholine rings is 1. The maximum absolute atomic E-state index is 15.3. The summed E-state index contributed by atoms with van der Waals surface area (Å²) in [5.74, 6) is -9.70. The van der Waals surface area contributed by atoms with Crippen LogP contribution >= 0.6 is 0 Å². The first-order chi connectivity index (χ1) is 46.6. The molecule has 100 heavy (non-hydrogen) atoms. The first-order valence-corrected chi connectivity index (χ1v) is 36.2. The molecular formula is C71H127N13O16. The van der Waals surface area contributed by atoms with E-state index < -0.39 is 167 Å². The van der Waals surface area contributed by atoms with E-state index in [1.54, 1.807) is 55.6 Å². The normalized spacial score (nSPS) is 27.4. The molecule has 0 aromatic carbocycles. The summed E-state index contributed by atoms with van der Waals surface area (Å²) < 4.78 is 17.2. The van der Waals surface area contributed by atoms with E-state index in [0.717, 1.165) is 31.1 Å². The van der Waals surface area contributed by atoms with Crippen LogP contribution in [-0.2, 0) is 71.8 Å². The third kappa shape index (κ3) is 24.2. The number of carbonyl (C=O) groups excluding carboxylic acids is 12. The SMILES string of the molecule is CCC1NC(=O)[C@@H]2[C@@H]([C@H](C)CCCCOC(=O)N(C)C)ON2C(=O)C(C(C)C)N(C)C(=O)[C@H](CC(C)C)N(C)C(=O)C(CC(C)C)N(C)C(=O)[C@@H](C)NC(=O)C(C)NC(=O)[C@H](CC(C)C)N(C)C(=O)[C@H](C(C)C)NC(=O)C([C@@H](C)OCCCCN2CCOCC2)N(C)C(=O)[C@@H](C)N(C)C1=O. The average Bonchev–Trinajstić information content (AvgIpc) is 0.753. The Bertz CT molecular complexity index is 2750. The predicted octanol–water partition coefficient (Wildman–Crippen LogP) is 3.35. The lowest BCUT2D eigenvalue weighted by atomic mass is 9.88. The fourth-order valence-electron chi connectivity index (χ4n) is 12.9. The van der Waals surface area contributed by atoms with Crippen LogP contribution in [0.5, 0.6) is 0 Å². The fraction of sp³-hybridized carbons (Fsp3) is 0.831. The van der Waals surface area contributed by atoms with Gasteiger partial charge in [0.2, 0.25) is 59.1 Å². The highest BCUT2D eigenvalue weighted by molar-refractivity contribution is 6.00. The van der Waals surface area contributed by atoms with Crippen LogP contribution in [-0.4, -0.2) is 296 Å². The maximum Gasteiger partial charge on any atom is 0.409 e. The van der Waals surface area contributed by atoms with Crippen LogP contribution in [0.4, 0.5) is 4.79 Å². The van der Waals surface area contributed by atoms with Crippen LogP contribution in [0.3, 0.4) is 0 Å². The van der Waals surface area contributed by atoms with E-state index in [-0.39, 0.29) is 56.7 Å². The van der Waals surface area contributed by atoms with Crippen molar-refractivity contribution in [2.75, 3.05) is 102 Å². The van der Waals surface area contributed by atoms with Crippen LogP contribution in [0.25, 0.3) is 0 Å². The molecule has 0 aliphatic carbocycles. The number of hydrogen-bond donors (Lipinski definition) is 4. The summed E-state index contributed by atoms with van der Waals surface area (Å²) in [6.45, 7) is 31.7. The molecule has 4 N–H and O–H groups in total. The summed E-state index contributed by atoms with van der Waals surface area (Å²) in [4.78, 5) is 193. The third-order valence-electron chi connectivity index (χ3n) is 19.4. The second-order valence-electron chi connectivity index (χ2n) is 30.0. The Kier molecular flexibility index (Phi) is 35.7. The highest BCUT2D eigenvalue weighted by atomic mass is 16.7. The van der Waals surface area contributed by atoms with E-state index in [1.807, 2.05) is 48.5 Å². The first-order valence-electron chi connectivity index (χ1n) is 36.2. The van der Waals surface area contributed by atoms with Gasteiger partial charge in [0, 0.05) is 76.1 Å². The van der Waals surface area contributed by atoms with Crippen LogP contribution in [0.15, 0.2) is 0 Å². The van der Waals surface area contributed by atoms with Crippen molar-refractivity contribution >= 4 is 71.1 Å². The zero-order chi connectivity index (χ0) is 76.1. The lowest BCUT2D eigenvalue weighted by Crippen LogP contribution is -2.72. The van der Waals surface area contributed by atoms with Crippen molar-refractivity contribution < 1.29 is 76.6 Å². The molecule has 14 atom stereocenters. The summed E-state index contributed by atoms with van der Waals surface area (Å²) in [5, 5.41) is 12.1. The lowest BCUT2D eigenvalue weighted by Gasteiger charge is -2.50. The van der Waals surface area contributed by atoms with Crippen molar-refractivity contribution in [3.63, 3.8) is 0 Å². The standard InChI is InChI=1S/C71H127N13O16/c1-25-51-66(91)77(19)49(15)65(90)82(24)57(50(16)98-34-29-27-31-83-32-36-97-37-33-83)62(87)75-55(44(8)9)69(94)78(20)52(38-41(2)3)61(86)72-47(13)60(85)73-48(14)64(89)79(21)53(39-42(4)5)67(92)80(22)54(40-43(6)7)68(93)81(23)56(45(10)11)70(95)84-58(63(88)74-51)59(100-84)46(12)30-26-28-35-99-71(96)76(17)18/h41-59H,25-40H2,1-24H3,(H,72,86)(H,73,85)(H,74,88)(H,75,87)/t46-,47?,48-,49-,50-,51?,52+,53?,54+,55+,56?,57?,58+,59-/m1/s1. The summed E-state index contributed by atoms with van der Waals surface area (Å²) in [6, 6.07) is -13.9. The minimum absolute atomic E-state index is 0.0175. The second-order valence-corrected chi connectivity index (χ2v) is 30.0. The molecule has 0 radical (unpaired) electrons. The molecule has 0 bridgehead atoms. The zero-order valence-corrected chi connectivity index (χ0v) is 64.8. The van der Waals surface area contributed by atoms with Gasteiger partial charge in [-0.1, -0.05) is 83.1 Å². The van der Waals surface area contributed by atoms with Gasteiger partial charge in [0.25, 0.3) is 5.91 Å². The van der Waals surface area contributed by atoms with Crippen molar-refractivity contribution in [1.29, 1.82) is 0 Å². The quantitative estimate of drug-likeness (QED) is 0.113. The zero-order valence-electron chi connectivity index (χ0n) is 64.8. The highest BCUT2D eigenvalue weighted by Gasteiger charge is 2.55. The molecule has 29 nitrogen and oxygen atoms in total. The molecule has 3 fully saturated rings. The summed E-state index contributed by atoms with van der Waals surface area (Å²) in [7, 11) is 11.7. The number of likely N-dealkylation sites (N-methyl/N-ethyl adjacent to an activating group) is 6. The van der Waals surface area contributed by atoms with E-state index in [4.69, 9.17) is 19.0 Å². The minimum Gasteiger partial charge on any atom is -0.449 e. The number of unbranched alkanes of at least 4 members (excludes halogenated alkanes) is 2. The van der Waals surface area contributed by atoms with E-state index in [0.29, 0.717) is 38.9 Å². The van der Waals surface area contributed by atoms with Gasteiger partial charge in [-0.3, -0.25) is 62.5 Å². The highest BCUT2D eigenvalue weighted by Crippen LogP contribution is 2.34. The molecule has 3 heterocycles. The number of hydrogen-bond acceptors (Lipinski definition) is 17. The number of nitrogens with zero attached hydrogens (tertiary/aromatic N) is 9. The number of fused-ring (bicyclic) bond motifs is 1. The topological polar surface area (TPSA) is 319 Å². The number of rotatable bonds is 22. The molecular weight excluding hydrogens is 1290 g/mol. The maximum atomic E-state index is 15.3. The Labute approximate surface area is 596 Å². The van der Waals surface area contributed by atoms with E-state index in [1.165, 1.54) is 97.4 Å². The molecule has 0 aromatic rings. The Balaban J connectivity index is 2.29. The van der Waals surface area contributed by atoms with E-state index >= 15 is 28.8 Å². The van der Waals surface area contributed by atoms with Crippen LogP contribution in [0, 0.1) is 35.5 Å².